The number of carbonyl (C=O) groups is 2. The first-order valence-electron chi connectivity index (χ1n) is 10.4. The summed E-state index contributed by atoms with van der Waals surface area (Å²) in [6.45, 7) is 0.468. The number of nitrogens with zero attached hydrogens (tertiary/aromatic N) is 2. The molecular weight excluding hydrogens is 404 g/mol. The smallest absolute Gasteiger partial charge is 0.326 e. The van der Waals surface area contributed by atoms with E-state index < -0.39 is 18.0 Å². The van der Waals surface area contributed by atoms with Gasteiger partial charge in [-0.05, 0) is 28.8 Å². The van der Waals surface area contributed by atoms with Crippen LogP contribution in [0.2, 0.25) is 0 Å². The Balaban J connectivity index is 1.35. The summed E-state index contributed by atoms with van der Waals surface area (Å²) in [5.74, 6) is -1.60. The van der Waals surface area contributed by atoms with Crippen LogP contribution in [-0.2, 0) is 20.9 Å². The average molecular weight is 428 g/mol. The third kappa shape index (κ3) is 5.16. The lowest BCUT2D eigenvalue weighted by Gasteiger charge is -2.26. The maximum absolute atomic E-state index is 12.3. The van der Waals surface area contributed by atoms with Gasteiger partial charge in [0.05, 0.1) is 13.1 Å². The molecule has 0 radical (unpaired) electrons. The number of carbonyl (C=O) groups excluding carboxylic acids is 1. The molecular formula is C26H24N2O4. The minimum absolute atomic E-state index is 0.127. The van der Waals surface area contributed by atoms with Gasteiger partial charge in [-0.15, -0.1) is 0 Å². The number of hydrogen-bond acceptors (Lipinski definition) is 5. The van der Waals surface area contributed by atoms with E-state index in [0.29, 0.717) is 6.67 Å². The number of carboxylic acid groups (broad SMARTS) is 1. The van der Waals surface area contributed by atoms with Gasteiger partial charge in [-0.2, -0.15) is 0 Å². The van der Waals surface area contributed by atoms with E-state index in [2.05, 4.69) is 12.1 Å². The summed E-state index contributed by atoms with van der Waals surface area (Å²) in [7, 11) is 0. The highest BCUT2D eigenvalue weighted by atomic mass is 16.5. The van der Waals surface area contributed by atoms with Gasteiger partial charge in [0, 0.05) is 18.1 Å². The fourth-order valence-corrected chi connectivity index (χ4v) is 3.58. The van der Waals surface area contributed by atoms with Gasteiger partial charge >= 0.3 is 11.9 Å². The summed E-state index contributed by atoms with van der Waals surface area (Å²) in [6, 6.07) is 26.5. The summed E-state index contributed by atoms with van der Waals surface area (Å²) >= 11 is 0. The lowest BCUT2D eigenvalue weighted by molar-refractivity contribution is -0.152. The van der Waals surface area contributed by atoms with Crippen molar-refractivity contribution in [2.24, 2.45) is 0 Å². The molecule has 0 saturated carbocycles. The second kappa shape index (κ2) is 9.83. The number of benzene rings is 3. The molecule has 6 heteroatoms. The van der Waals surface area contributed by atoms with E-state index in [-0.39, 0.29) is 13.0 Å². The van der Waals surface area contributed by atoms with Crippen LogP contribution in [0.25, 0.3) is 11.1 Å². The van der Waals surface area contributed by atoms with E-state index in [0.717, 1.165) is 22.4 Å². The zero-order valence-electron chi connectivity index (χ0n) is 17.5. The third-order valence-corrected chi connectivity index (χ3v) is 5.35. The molecule has 0 spiro atoms. The average Bonchev–Trinajstić information content (AvgIpc) is 3.32. The minimum Gasteiger partial charge on any atom is -0.480 e. The Morgan fingerprint density at radius 1 is 0.844 bits per heavy atom. The van der Waals surface area contributed by atoms with Crippen LogP contribution in [0, 0.1) is 0 Å². The Bertz CT molecular complexity index is 1080. The van der Waals surface area contributed by atoms with Crippen LogP contribution in [0.4, 0.5) is 5.69 Å². The summed E-state index contributed by atoms with van der Waals surface area (Å²) < 4.78 is 5.27. The fourth-order valence-electron chi connectivity index (χ4n) is 3.58. The Kier molecular flexibility index (Phi) is 6.51. The van der Waals surface area contributed by atoms with Crippen molar-refractivity contribution in [3.8, 4) is 11.1 Å². The lowest BCUT2D eigenvalue weighted by Crippen LogP contribution is -2.41. The monoisotopic (exact) mass is 428 g/mol. The highest BCUT2D eigenvalue weighted by Crippen LogP contribution is 2.26. The van der Waals surface area contributed by atoms with E-state index >= 15 is 0 Å². The Labute approximate surface area is 187 Å². The normalized spacial score (nSPS) is 13.8. The molecule has 0 aliphatic carbocycles. The van der Waals surface area contributed by atoms with Crippen molar-refractivity contribution in [2.45, 2.75) is 19.1 Å². The van der Waals surface area contributed by atoms with E-state index in [1.54, 1.807) is 11.1 Å². The van der Waals surface area contributed by atoms with Crippen molar-refractivity contribution >= 4 is 17.6 Å². The molecule has 1 heterocycles. The molecule has 0 amide bonds. The first-order valence-corrected chi connectivity index (χ1v) is 10.4. The zero-order chi connectivity index (χ0) is 22.3. The van der Waals surface area contributed by atoms with E-state index in [4.69, 9.17) is 4.74 Å². The highest BCUT2D eigenvalue weighted by molar-refractivity contribution is 5.81. The van der Waals surface area contributed by atoms with Crippen LogP contribution in [-0.4, -0.2) is 34.7 Å². The molecule has 3 aromatic carbocycles. The van der Waals surface area contributed by atoms with Crippen LogP contribution < -0.4 is 4.90 Å². The van der Waals surface area contributed by atoms with Gasteiger partial charge in [0.15, 0.2) is 0 Å². The molecule has 4 rings (SSSR count). The van der Waals surface area contributed by atoms with Crippen molar-refractivity contribution in [2.75, 3.05) is 11.6 Å². The molecule has 3 aromatic rings. The second-order valence-electron chi connectivity index (χ2n) is 7.54. The molecule has 0 saturated heterocycles. The molecule has 6 nitrogen and oxygen atoms in total. The van der Waals surface area contributed by atoms with Crippen LogP contribution in [0.1, 0.15) is 12.0 Å². The van der Waals surface area contributed by atoms with Crippen molar-refractivity contribution < 1.29 is 19.4 Å². The van der Waals surface area contributed by atoms with Gasteiger partial charge in [0.25, 0.3) is 0 Å². The standard InChI is InChI=1S/C26H24N2O4/c29-25(32-18-20-7-3-1-4-8-20)17-24(26(30)31)28-16-15-27(19-28)23-13-11-22(12-14-23)21-9-5-2-6-10-21/h1-16,24H,17-19H2,(H,30,31)/t24-/m0/s1. The summed E-state index contributed by atoms with van der Waals surface area (Å²) in [5, 5.41) is 9.69. The highest BCUT2D eigenvalue weighted by Gasteiger charge is 2.30. The van der Waals surface area contributed by atoms with Crippen molar-refractivity contribution in [3.05, 3.63) is 103 Å². The minimum atomic E-state index is -1.06. The van der Waals surface area contributed by atoms with Crippen LogP contribution in [0.3, 0.4) is 0 Å². The first kappa shape index (κ1) is 21.2. The predicted molar refractivity (Wildman–Crippen MR) is 122 cm³/mol. The molecule has 1 aliphatic heterocycles. The molecule has 1 aliphatic rings. The predicted octanol–water partition coefficient (Wildman–Crippen LogP) is 4.49. The molecule has 1 atom stereocenters. The molecule has 32 heavy (non-hydrogen) atoms. The molecule has 0 fully saturated rings. The van der Waals surface area contributed by atoms with Crippen LogP contribution >= 0.6 is 0 Å². The zero-order valence-corrected chi connectivity index (χ0v) is 17.5. The second-order valence-corrected chi connectivity index (χ2v) is 7.54. The van der Waals surface area contributed by atoms with Gasteiger partial charge in [-0.3, -0.25) is 4.79 Å². The fraction of sp³-hybridized carbons (Fsp3) is 0.154. The quantitative estimate of drug-likeness (QED) is 0.533. The first-order chi connectivity index (χ1) is 15.6. The van der Waals surface area contributed by atoms with Gasteiger partial charge in [-0.25, -0.2) is 4.79 Å². The van der Waals surface area contributed by atoms with E-state index in [1.165, 1.54) is 0 Å². The molecule has 162 valence electrons. The van der Waals surface area contributed by atoms with Crippen molar-refractivity contribution in [1.29, 1.82) is 0 Å². The number of ether oxygens (including phenoxy) is 1. The largest absolute Gasteiger partial charge is 0.480 e. The summed E-state index contributed by atoms with van der Waals surface area (Å²) in [4.78, 5) is 27.7. The Morgan fingerprint density at radius 3 is 2.12 bits per heavy atom. The van der Waals surface area contributed by atoms with Crippen molar-refractivity contribution in [1.82, 2.24) is 4.90 Å². The Morgan fingerprint density at radius 2 is 1.47 bits per heavy atom. The number of anilines is 1. The maximum Gasteiger partial charge on any atom is 0.326 e. The third-order valence-electron chi connectivity index (χ3n) is 5.35. The molecule has 0 aromatic heterocycles. The molecule has 0 bridgehead atoms. The van der Waals surface area contributed by atoms with Crippen LogP contribution in [0.5, 0.6) is 0 Å². The van der Waals surface area contributed by atoms with Crippen LogP contribution in [0.15, 0.2) is 97.3 Å². The SMILES string of the molecule is O=C(C[C@@H](C(=O)O)N1C=CN(c2ccc(-c3ccccc3)cc2)C1)OCc1ccccc1. The topological polar surface area (TPSA) is 70.1 Å². The summed E-state index contributed by atoms with van der Waals surface area (Å²) in [6.07, 6.45) is 3.30. The Hall–Kier alpha value is -4.06. The number of esters is 1. The lowest BCUT2D eigenvalue weighted by atomic mass is 10.1. The van der Waals surface area contributed by atoms with Gasteiger partial charge in [0.2, 0.25) is 0 Å². The maximum atomic E-state index is 12.3. The number of rotatable bonds is 8. The number of carboxylic acids is 1. The number of hydrogen-bond donors (Lipinski definition) is 1. The van der Waals surface area contributed by atoms with Gasteiger partial charge in [0.1, 0.15) is 12.6 Å². The van der Waals surface area contributed by atoms with Gasteiger partial charge < -0.3 is 19.6 Å². The molecule has 1 N–H and O–H groups in total. The molecule has 0 unspecified atom stereocenters. The van der Waals surface area contributed by atoms with Gasteiger partial charge in [-0.1, -0.05) is 72.8 Å². The van der Waals surface area contributed by atoms with Crippen molar-refractivity contribution in [3.63, 3.8) is 0 Å². The van der Waals surface area contributed by atoms with E-state index in [9.17, 15) is 14.7 Å². The summed E-state index contributed by atoms with van der Waals surface area (Å²) in [5.41, 5.74) is 4.05. The number of aliphatic carboxylic acids is 1. The van der Waals surface area contributed by atoms with E-state index in [1.807, 2.05) is 83.9 Å².